The lowest BCUT2D eigenvalue weighted by Gasteiger charge is -2.27. The highest BCUT2D eigenvalue weighted by Crippen LogP contribution is 2.41. The Balaban J connectivity index is 1.68. The number of hydrogen-bond acceptors (Lipinski definition) is 7. The van der Waals surface area contributed by atoms with Gasteiger partial charge in [-0.15, -0.1) is 0 Å². The summed E-state index contributed by atoms with van der Waals surface area (Å²) < 4.78 is 22.1. The van der Waals surface area contributed by atoms with Crippen molar-refractivity contribution in [1.29, 1.82) is 0 Å². The predicted octanol–water partition coefficient (Wildman–Crippen LogP) is 2.86. The lowest BCUT2D eigenvalue weighted by molar-refractivity contribution is 0.0336. The van der Waals surface area contributed by atoms with E-state index in [4.69, 9.17) is 18.9 Å². The van der Waals surface area contributed by atoms with Gasteiger partial charge in [0.05, 0.1) is 38.6 Å². The number of ether oxygens (including phenoxy) is 4. The Kier molecular flexibility index (Phi) is 5.42. The lowest BCUT2D eigenvalue weighted by atomic mass is 10.0. The largest absolute Gasteiger partial charge is 0.507 e. The van der Waals surface area contributed by atoms with Crippen LogP contribution in [0.1, 0.15) is 21.5 Å². The van der Waals surface area contributed by atoms with E-state index in [1.54, 1.807) is 38.5 Å². The molecule has 0 aromatic heterocycles. The number of benzene rings is 2. The fourth-order valence-corrected chi connectivity index (χ4v) is 3.60. The van der Waals surface area contributed by atoms with Crippen LogP contribution in [0.25, 0.3) is 6.08 Å². The average molecular weight is 397 g/mol. The molecule has 2 aliphatic heterocycles. The van der Waals surface area contributed by atoms with E-state index in [2.05, 4.69) is 4.90 Å². The average Bonchev–Trinajstić information content (AvgIpc) is 3.06. The number of fused-ring (bicyclic) bond motifs is 1. The molecule has 0 saturated carbocycles. The molecule has 0 spiro atoms. The molecule has 0 radical (unpaired) electrons. The molecule has 1 N–H and O–H groups in total. The Morgan fingerprint density at radius 3 is 2.66 bits per heavy atom. The van der Waals surface area contributed by atoms with E-state index in [1.165, 1.54) is 0 Å². The Morgan fingerprint density at radius 2 is 1.93 bits per heavy atom. The van der Waals surface area contributed by atoms with Gasteiger partial charge in [0.2, 0.25) is 5.78 Å². The normalized spacial score (nSPS) is 17.9. The summed E-state index contributed by atoms with van der Waals surface area (Å²) in [6.45, 7) is 3.32. The minimum atomic E-state index is -0.229. The smallest absolute Gasteiger partial charge is 0.231 e. The predicted molar refractivity (Wildman–Crippen MR) is 107 cm³/mol. The van der Waals surface area contributed by atoms with E-state index in [-0.39, 0.29) is 17.3 Å². The highest BCUT2D eigenvalue weighted by atomic mass is 16.5. The molecule has 0 atom stereocenters. The van der Waals surface area contributed by atoms with Crippen LogP contribution in [0.2, 0.25) is 0 Å². The van der Waals surface area contributed by atoms with Crippen molar-refractivity contribution in [2.45, 2.75) is 6.54 Å². The number of ketones is 1. The number of rotatable bonds is 5. The first-order valence-electron chi connectivity index (χ1n) is 9.42. The second-order valence-corrected chi connectivity index (χ2v) is 6.85. The molecule has 1 saturated heterocycles. The molecular formula is C22H23NO6. The number of nitrogens with zero attached hydrogens (tertiary/aromatic N) is 1. The molecule has 2 aromatic rings. The van der Waals surface area contributed by atoms with E-state index >= 15 is 0 Å². The highest BCUT2D eigenvalue weighted by molar-refractivity contribution is 6.15. The minimum Gasteiger partial charge on any atom is -0.507 e. The Bertz CT molecular complexity index is 962. The number of phenolic OH excluding ortho intramolecular Hbond substituents is 1. The highest BCUT2D eigenvalue weighted by Gasteiger charge is 2.32. The van der Waals surface area contributed by atoms with Crippen molar-refractivity contribution in [2.24, 2.45) is 0 Å². The first kappa shape index (κ1) is 19.3. The molecule has 0 amide bonds. The zero-order chi connectivity index (χ0) is 20.4. The molecule has 7 nitrogen and oxygen atoms in total. The van der Waals surface area contributed by atoms with Gasteiger partial charge in [-0.3, -0.25) is 9.69 Å². The summed E-state index contributed by atoms with van der Waals surface area (Å²) in [6, 6.07) is 8.56. The van der Waals surface area contributed by atoms with E-state index in [0.717, 1.165) is 13.1 Å². The third-order valence-corrected chi connectivity index (χ3v) is 5.12. The first-order chi connectivity index (χ1) is 14.1. The van der Waals surface area contributed by atoms with Crippen LogP contribution >= 0.6 is 0 Å². The number of carbonyl (C=O) groups excluding carboxylic acids is 1. The molecule has 29 heavy (non-hydrogen) atoms. The fourth-order valence-electron chi connectivity index (χ4n) is 3.60. The molecule has 0 aliphatic carbocycles. The van der Waals surface area contributed by atoms with Crippen LogP contribution in [0.3, 0.4) is 0 Å². The third-order valence-electron chi connectivity index (χ3n) is 5.12. The van der Waals surface area contributed by atoms with Crippen LogP contribution < -0.4 is 14.2 Å². The summed E-state index contributed by atoms with van der Waals surface area (Å²) in [5.41, 5.74) is 1.72. The summed E-state index contributed by atoms with van der Waals surface area (Å²) in [7, 11) is 3.10. The zero-order valence-electron chi connectivity index (χ0n) is 16.4. The fraction of sp³-hybridized carbons (Fsp3) is 0.318. The maximum atomic E-state index is 12.9. The van der Waals surface area contributed by atoms with Gasteiger partial charge in [-0.2, -0.15) is 0 Å². The standard InChI is InChI=1S/C22H23NO6/c1-26-18-5-3-4-14(21(18)27-2)12-19-20(25)15-6-7-17(24)16(22(15)29-19)13-23-8-10-28-11-9-23/h3-7,12,24H,8-11,13H2,1-2H3/b19-12+. The van der Waals surface area contributed by atoms with E-state index in [1.807, 2.05) is 12.1 Å². The lowest BCUT2D eigenvalue weighted by Crippen LogP contribution is -2.35. The number of phenols is 1. The molecule has 2 aromatic carbocycles. The van der Waals surface area contributed by atoms with Crippen LogP contribution in [0, 0.1) is 0 Å². The maximum absolute atomic E-state index is 12.9. The topological polar surface area (TPSA) is 77.5 Å². The summed E-state index contributed by atoms with van der Waals surface area (Å²) in [5.74, 6) is 1.56. The van der Waals surface area contributed by atoms with E-state index in [9.17, 15) is 9.90 Å². The maximum Gasteiger partial charge on any atom is 0.231 e. The van der Waals surface area contributed by atoms with Crippen molar-refractivity contribution in [3.8, 4) is 23.0 Å². The van der Waals surface area contributed by atoms with Crippen molar-refractivity contribution >= 4 is 11.9 Å². The molecule has 0 bridgehead atoms. The number of aromatic hydroxyl groups is 1. The van der Waals surface area contributed by atoms with Crippen molar-refractivity contribution in [2.75, 3.05) is 40.5 Å². The molecule has 2 heterocycles. The number of Topliss-reactive ketones (excluding diaryl/α,β-unsaturated/α-hetero) is 1. The number of allylic oxidation sites excluding steroid dienone is 1. The molecular weight excluding hydrogens is 374 g/mol. The molecule has 152 valence electrons. The minimum absolute atomic E-state index is 0.114. The monoisotopic (exact) mass is 397 g/mol. The second kappa shape index (κ2) is 8.14. The number of morpholine rings is 1. The summed E-state index contributed by atoms with van der Waals surface area (Å²) in [5, 5.41) is 10.4. The van der Waals surface area contributed by atoms with Gasteiger partial charge >= 0.3 is 0 Å². The van der Waals surface area contributed by atoms with Gasteiger partial charge in [-0.1, -0.05) is 12.1 Å². The van der Waals surface area contributed by atoms with Gasteiger partial charge in [0.1, 0.15) is 11.5 Å². The third kappa shape index (κ3) is 3.66. The number of methoxy groups -OCH3 is 2. The van der Waals surface area contributed by atoms with Crippen LogP contribution in [-0.2, 0) is 11.3 Å². The second-order valence-electron chi connectivity index (χ2n) is 6.85. The van der Waals surface area contributed by atoms with E-state index in [0.29, 0.717) is 53.7 Å². The SMILES string of the molecule is COc1cccc(/C=C2/Oc3c(ccc(O)c3CN3CCOCC3)C2=O)c1OC. The van der Waals surface area contributed by atoms with Crippen LogP contribution in [-0.4, -0.2) is 56.3 Å². The molecule has 2 aliphatic rings. The van der Waals surface area contributed by atoms with Crippen molar-refractivity contribution in [3.05, 3.63) is 52.8 Å². The number of hydrogen-bond donors (Lipinski definition) is 1. The first-order valence-corrected chi connectivity index (χ1v) is 9.42. The quantitative estimate of drug-likeness (QED) is 0.778. The van der Waals surface area contributed by atoms with Gasteiger partial charge in [0.25, 0.3) is 0 Å². The van der Waals surface area contributed by atoms with Gasteiger partial charge < -0.3 is 24.1 Å². The van der Waals surface area contributed by atoms with Crippen molar-refractivity contribution in [3.63, 3.8) is 0 Å². The molecule has 7 heteroatoms. The van der Waals surface area contributed by atoms with Crippen LogP contribution in [0.4, 0.5) is 0 Å². The summed E-state index contributed by atoms with van der Waals surface area (Å²) in [6.07, 6.45) is 1.64. The molecule has 4 rings (SSSR count). The number of carbonyl (C=O) groups is 1. The van der Waals surface area contributed by atoms with Crippen molar-refractivity contribution in [1.82, 2.24) is 4.90 Å². The summed E-state index contributed by atoms with van der Waals surface area (Å²) >= 11 is 0. The number of para-hydroxylation sites is 1. The van der Waals surface area contributed by atoms with Gasteiger partial charge in [-0.05, 0) is 24.3 Å². The Hall–Kier alpha value is -3.03. The van der Waals surface area contributed by atoms with Crippen LogP contribution in [0.5, 0.6) is 23.0 Å². The molecule has 1 fully saturated rings. The Morgan fingerprint density at radius 1 is 1.14 bits per heavy atom. The zero-order valence-corrected chi connectivity index (χ0v) is 16.4. The van der Waals surface area contributed by atoms with Gasteiger partial charge in [0.15, 0.2) is 17.3 Å². The summed E-state index contributed by atoms with van der Waals surface area (Å²) in [4.78, 5) is 15.1. The van der Waals surface area contributed by atoms with Gasteiger partial charge in [0, 0.05) is 25.2 Å². The van der Waals surface area contributed by atoms with Gasteiger partial charge in [-0.25, -0.2) is 0 Å². The van der Waals surface area contributed by atoms with E-state index < -0.39 is 0 Å². The molecule has 0 unspecified atom stereocenters. The van der Waals surface area contributed by atoms with Crippen LogP contribution in [0.15, 0.2) is 36.1 Å². The van der Waals surface area contributed by atoms with Crippen molar-refractivity contribution < 1.29 is 28.8 Å². The Labute approximate surface area is 169 Å².